The van der Waals surface area contributed by atoms with Crippen LogP contribution < -0.4 is 9.88 Å². The zero-order valence-electron chi connectivity index (χ0n) is 12.5. The Morgan fingerprint density at radius 1 is 1.14 bits per heavy atom. The second-order valence-corrected chi connectivity index (χ2v) is 5.10. The van der Waals surface area contributed by atoms with Crippen LogP contribution in [-0.2, 0) is 6.42 Å². The van der Waals surface area contributed by atoms with E-state index < -0.39 is 0 Å². The molecule has 2 aromatic rings. The monoisotopic (exact) mass is 313 g/mol. The van der Waals surface area contributed by atoms with E-state index >= 15 is 0 Å². The van der Waals surface area contributed by atoms with E-state index in [1.54, 1.807) is 7.11 Å². The minimum absolute atomic E-state index is 0.808. The molecular formula is C17H19N3OS. The third kappa shape index (κ3) is 5.02. The molecule has 0 heterocycles. The van der Waals surface area contributed by atoms with Gasteiger partial charge in [0, 0.05) is 0 Å². The first-order chi connectivity index (χ1) is 10.8. The topological polar surface area (TPSA) is 60.0 Å². The van der Waals surface area contributed by atoms with Crippen molar-refractivity contribution in [3.05, 3.63) is 65.7 Å². The molecule has 0 saturated carbocycles. The summed E-state index contributed by atoms with van der Waals surface area (Å²) in [5.41, 5.74) is 4.76. The van der Waals surface area contributed by atoms with E-state index in [2.05, 4.69) is 22.3 Å². The van der Waals surface area contributed by atoms with Gasteiger partial charge >= 0.3 is 0 Å². The Kier molecular flexibility index (Phi) is 6.67. The molecule has 114 valence electrons. The Morgan fingerprint density at radius 3 is 2.50 bits per heavy atom. The lowest BCUT2D eigenvalue weighted by atomic mass is 10.0. The molecule has 0 saturated heterocycles. The lowest BCUT2D eigenvalue weighted by molar-refractivity contribution is 0.415. The number of nitrogens with two attached hydrogens (primary N) is 1. The van der Waals surface area contributed by atoms with Crippen molar-refractivity contribution in [2.45, 2.75) is 12.8 Å². The molecule has 0 aromatic heterocycles. The third-order valence-electron chi connectivity index (χ3n) is 3.20. The first kappa shape index (κ1) is 16.3. The predicted octanol–water partition coefficient (Wildman–Crippen LogP) is 3.67. The molecule has 0 aliphatic carbocycles. The zero-order chi connectivity index (χ0) is 15.6. The average Bonchev–Trinajstić information content (AvgIpc) is 2.59. The van der Waals surface area contributed by atoms with Gasteiger partial charge in [-0.2, -0.15) is 10.2 Å². The van der Waals surface area contributed by atoms with Crippen molar-refractivity contribution in [1.82, 2.24) is 0 Å². The van der Waals surface area contributed by atoms with Crippen molar-refractivity contribution in [2.24, 2.45) is 15.3 Å². The Labute approximate surface area is 135 Å². The lowest BCUT2D eigenvalue weighted by Crippen LogP contribution is -2.03. The third-order valence-corrected chi connectivity index (χ3v) is 3.42. The SMILES string of the molecule is COc1ccc(/C(CCc2ccccc2)=N/N=C/SN)cc1. The van der Waals surface area contributed by atoms with Crippen molar-refractivity contribution < 1.29 is 4.74 Å². The largest absolute Gasteiger partial charge is 0.497 e. The van der Waals surface area contributed by atoms with Crippen LogP contribution in [0.25, 0.3) is 0 Å². The molecule has 22 heavy (non-hydrogen) atoms. The van der Waals surface area contributed by atoms with Gasteiger partial charge in [-0.25, -0.2) is 0 Å². The molecule has 0 bridgehead atoms. The van der Waals surface area contributed by atoms with Crippen LogP contribution in [0.2, 0.25) is 0 Å². The normalized spacial score (nSPS) is 11.8. The Balaban J connectivity index is 2.14. The minimum atomic E-state index is 0.808. The van der Waals surface area contributed by atoms with Gasteiger partial charge in [-0.05, 0) is 60.2 Å². The van der Waals surface area contributed by atoms with Gasteiger partial charge < -0.3 is 4.74 Å². The summed E-state index contributed by atoms with van der Waals surface area (Å²) in [6.45, 7) is 0. The molecule has 4 nitrogen and oxygen atoms in total. The molecule has 0 fully saturated rings. The molecule has 2 N–H and O–H groups in total. The van der Waals surface area contributed by atoms with Crippen LogP contribution in [0.15, 0.2) is 64.8 Å². The second kappa shape index (κ2) is 9.02. The highest BCUT2D eigenvalue weighted by Gasteiger charge is 2.05. The molecule has 0 aliphatic rings. The van der Waals surface area contributed by atoms with Gasteiger partial charge in [0.2, 0.25) is 0 Å². The smallest absolute Gasteiger partial charge is 0.118 e. The van der Waals surface area contributed by atoms with Crippen LogP contribution in [0.1, 0.15) is 17.5 Å². The number of benzene rings is 2. The summed E-state index contributed by atoms with van der Waals surface area (Å²) in [6, 6.07) is 18.2. The lowest BCUT2D eigenvalue weighted by Gasteiger charge is -2.07. The summed E-state index contributed by atoms with van der Waals surface area (Å²) in [4.78, 5) is 0. The fourth-order valence-corrected chi connectivity index (χ4v) is 2.16. The summed E-state index contributed by atoms with van der Waals surface area (Å²) < 4.78 is 5.19. The number of hydrogen-bond acceptors (Lipinski definition) is 5. The second-order valence-electron chi connectivity index (χ2n) is 4.62. The molecule has 0 radical (unpaired) electrons. The van der Waals surface area contributed by atoms with Gasteiger partial charge in [0.25, 0.3) is 0 Å². The molecule has 0 aliphatic heterocycles. The number of ether oxygens (including phenoxy) is 1. The van der Waals surface area contributed by atoms with Gasteiger partial charge in [-0.3, -0.25) is 5.14 Å². The molecule has 0 spiro atoms. The van der Waals surface area contributed by atoms with Gasteiger partial charge in [-0.1, -0.05) is 30.3 Å². The highest BCUT2D eigenvalue weighted by atomic mass is 32.2. The summed E-state index contributed by atoms with van der Waals surface area (Å²) in [6.07, 6.45) is 1.72. The average molecular weight is 313 g/mol. The fraction of sp³-hybridized carbons (Fsp3) is 0.176. The van der Waals surface area contributed by atoms with Crippen molar-refractivity contribution >= 4 is 23.2 Å². The molecular weight excluding hydrogens is 294 g/mol. The van der Waals surface area contributed by atoms with Gasteiger partial charge in [-0.15, -0.1) is 0 Å². The number of nitrogens with zero attached hydrogens (tertiary/aromatic N) is 2. The number of methoxy groups -OCH3 is 1. The highest BCUT2D eigenvalue weighted by Crippen LogP contribution is 2.15. The van der Waals surface area contributed by atoms with E-state index in [1.165, 1.54) is 11.1 Å². The Morgan fingerprint density at radius 2 is 1.86 bits per heavy atom. The maximum absolute atomic E-state index is 5.34. The summed E-state index contributed by atoms with van der Waals surface area (Å²) in [5, 5.41) is 13.6. The summed E-state index contributed by atoms with van der Waals surface area (Å²) >= 11 is 1.04. The minimum Gasteiger partial charge on any atom is -0.497 e. The van der Waals surface area contributed by atoms with Crippen LogP contribution in [0.5, 0.6) is 5.75 Å². The highest BCUT2D eigenvalue weighted by molar-refractivity contribution is 8.10. The molecule has 0 atom stereocenters. The van der Waals surface area contributed by atoms with Gasteiger partial charge in [0.05, 0.1) is 18.4 Å². The first-order valence-corrected chi connectivity index (χ1v) is 7.90. The van der Waals surface area contributed by atoms with E-state index in [9.17, 15) is 0 Å². The molecule has 5 heteroatoms. The van der Waals surface area contributed by atoms with Crippen LogP contribution in [0.4, 0.5) is 0 Å². The van der Waals surface area contributed by atoms with Crippen molar-refractivity contribution in [1.29, 1.82) is 0 Å². The van der Waals surface area contributed by atoms with Crippen LogP contribution in [0.3, 0.4) is 0 Å². The summed E-state index contributed by atoms with van der Waals surface area (Å²) in [7, 11) is 1.65. The standard InChI is InChI=1S/C17H19N3OS/c1-21-16-10-8-15(9-11-16)17(20-19-13-22-18)12-7-14-5-3-2-4-6-14/h2-6,8-11,13H,7,12,18H2,1H3/b19-13+,20-17+. The van der Waals surface area contributed by atoms with E-state index in [1.807, 2.05) is 42.5 Å². The van der Waals surface area contributed by atoms with Crippen LogP contribution in [0, 0.1) is 0 Å². The summed E-state index contributed by atoms with van der Waals surface area (Å²) in [5.74, 6) is 0.826. The number of hydrogen-bond donors (Lipinski definition) is 1. The quantitative estimate of drug-likeness (QED) is 0.367. The predicted molar refractivity (Wildman–Crippen MR) is 94.6 cm³/mol. The maximum atomic E-state index is 5.34. The van der Waals surface area contributed by atoms with Crippen LogP contribution >= 0.6 is 11.9 Å². The van der Waals surface area contributed by atoms with Crippen molar-refractivity contribution in [3.63, 3.8) is 0 Å². The fourth-order valence-electron chi connectivity index (χ4n) is 2.06. The Bertz CT molecular complexity index is 624. The van der Waals surface area contributed by atoms with Gasteiger partial charge in [0.15, 0.2) is 0 Å². The van der Waals surface area contributed by atoms with Gasteiger partial charge in [0.1, 0.15) is 5.75 Å². The zero-order valence-corrected chi connectivity index (χ0v) is 13.3. The number of rotatable bonds is 7. The van der Waals surface area contributed by atoms with E-state index in [0.29, 0.717) is 0 Å². The molecule has 2 rings (SSSR count). The first-order valence-electron chi connectivity index (χ1n) is 6.95. The molecule has 0 amide bonds. The molecule has 0 unspecified atom stereocenters. The van der Waals surface area contributed by atoms with E-state index in [-0.39, 0.29) is 0 Å². The number of aryl methyl sites for hydroxylation is 1. The van der Waals surface area contributed by atoms with Crippen molar-refractivity contribution in [3.8, 4) is 5.75 Å². The molecule has 2 aromatic carbocycles. The Hall–Kier alpha value is -2.11. The van der Waals surface area contributed by atoms with Crippen molar-refractivity contribution in [2.75, 3.05) is 7.11 Å². The van der Waals surface area contributed by atoms with Crippen LogP contribution in [-0.4, -0.2) is 18.4 Å². The van der Waals surface area contributed by atoms with E-state index in [4.69, 9.17) is 9.88 Å². The maximum Gasteiger partial charge on any atom is 0.118 e. The van der Waals surface area contributed by atoms with E-state index in [0.717, 1.165) is 41.8 Å².